The zero-order valence-electron chi connectivity index (χ0n) is 11.8. The molecule has 3 aromatic rings. The van der Waals surface area contributed by atoms with E-state index in [0.717, 1.165) is 10.9 Å². The summed E-state index contributed by atoms with van der Waals surface area (Å²) in [6.07, 6.45) is 1.88. The molecule has 0 bridgehead atoms. The highest BCUT2D eigenvalue weighted by Crippen LogP contribution is 2.19. The fourth-order valence-corrected chi connectivity index (χ4v) is 2.17. The number of hydrogen-bond acceptors (Lipinski definition) is 4. The van der Waals surface area contributed by atoms with E-state index in [0.29, 0.717) is 18.3 Å². The predicted molar refractivity (Wildman–Crippen MR) is 76.4 cm³/mol. The number of fused-ring (bicyclic) bond motifs is 1. The number of rotatable bonds is 4. The summed E-state index contributed by atoms with van der Waals surface area (Å²) >= 11 is 0. The fraction of sp³-hybridized carbons (Fsp3) is 0.267. The van der Waals surface area contributed by atoms with Crippen molar-refractivity contribution in [2.45, 2.75) is 26.3 Å². The van der Waals surface area contributed by atoms with Crippen LogP contribution in [0.25, 0.3) is 10.9 Å². The highest BCUT2D eigenvalue weighted by molar-refractivity contribution is 5.93. The summed E-state index contributed by atoms with van der Waals surface area (Å²) < 4.78 is 7.13. The van der Waals surface area contributed by atoms with Crippen LogP contribution in [0, 0.1) is 0 Å². The lowest BCUT2D eigenvalue weighted by atomic mass is 10.1. The van der Waals surface area contributed by atoms with Gasteiger partial charge in [-0.05, 0) is 23.6 Å². The van der Waals surface area contributed by atoms with Crippen molar-refractivity contribution in [3.8, 4) is 0 Å². The second-order valence-corrected chi connectivity index (χ2v) is 5.22. The Morgan fingerprint density at radius 1 is 1.38 bits per heavy atom. The molecular formula is C15H15N3O3. The maximum Gasteiger partial charge on any atom is 0.335 e. The summed E-state index contributed by atoms with van der Waals surface area (Å²) in [6.45, 7) is 4.42. The Morgan fingerprint density at radius 3 is 2.86 bits per heavy atom. The molecule has 21 heavy (non-hydrogen) atoms. The molecule has 0 atom stereocenters. The molecule has 0 unspecified atom stereocenters. The topological polar surface area (TPSA) is 81.2 Å². The van der Waals surface area contributed by atoms with Gasteiger partial charge in [0.2, 0.25) is 5.89 Å². The van der Waals surface area contributed by atoms with E-state index in [9.17, 15) is 4.79 Å². The highest BCUT2D eigenvalue weighted by atomic mass is 16.5. The first kappa shape index (κ1) is 13.4. The largest absolute Gasteiger partial charge is 0.478 e. The van der Waals surface area contributed by atoms with Crippen LogP contribution in [0.4, 0.5) is 0 Å². The van der Waals surface area contributed by atoms with Gasteiger partial charge in [0.15, 0.2) is 5.82 Å². The van der Waals surface area contributed by atoms with E-state index in [-0.39, 0.29) is 11.5 Å². The smallest absolute Gasteiger partial charge is 0.335 e. The molecule has 0 aliphatic heterocycles. The third-order valence-corrected chi connectivity index (χ3v) is 3.33. The van der Waals surface area contributed by atoms with Crippen LogP contribution >= 0.6 is 0 Å². The Morgan fingerprint density at radius 2 is 2.19 bits per heavy atom. The van der Waals surface area contributed by atoms with Gasteiger partial charge in [-0.15, -0.1) is 0 Å². The molecule has 3 rings (SSSR count). The first-order valence-corrected chi connectivity index (χ1v) is 6.69. The van der Waals surface area contributed by atoms with Crippen LogP contribution in [0.3, 0.4) is 0 Å². The third kappa shape index (κ3) is 2.52. The summed E-state index contributed by atoms with van der Waals surface area (Å²) in [4.78, 5) is 15.4. The zero-order chi connectivity index (χ0) is 15.0. The summed E-state index contributed by atoms with van der Waals surface area (Å²) in [5.41, 5.74) is 1.09. The number of nitrogens with zero attached hydrogens (tertiary/aromatic N) is 3. The van der Waals surface area contributed by atoms with Gasteiger partial charge in [-0.25, -0.2) is 4.79 Å². The van der Waals surface area contributed by atoms with Crippen molar-refractivity contribution in [1.82, 2.24) is 14.7 Å². The Bertz CT molecular complexity index is 801. The van der Waals surface area contributed by atoms with E-state index in [1.165, 1.54) is 0 Å². The van der Waals surface area contributed by atoms with Crippen LogP contribution in [0.15, 0.2) is 35.0 Å². The van der Waals surface area contributed by atoms with E-state index >= 15 is 0 Å². The van der Waals surface area contributed by atoms with Gasteiger partial charge in [-0.3, -0.25) is 0 Å². The molecule has 0 spiro atoms. The first-order chi connectivity index (χ1) is 10.0. The van der Waals surface area contributed by atoms with Crippen LogP contribution in [0.5, 0.6) is 0 Å². The number of aromatic carboxylic acids is 1. The number of benzene rings is 1. The molecule has 0 aliphatic carbocycles. The zero-order valence-corrected chi connectivity index (χ0v) is 11.8. The maximum atomic E-state index is 11.1. The maximum absolute atomic E-state index is 11.1. The van der Waals surface area contributed by atoms with Gasteiger partial charge in [0.1, 0.15) is 6.54 Å². The second-order valence-electron chi connectivity index (χ2n) is 5.22. The average molecular weight is 285 g/mol. The Labute approximate surface area is 121 Å². The van der Waals surface area contributed by atoms with Gasteiger partial charge in [-0.2, -0.15) is 4.98 Å². The third-order valence-electron chi connectivity index (χ3n) is 3.33. The number of aromatic nitrogens is 3. The molecule has 0 aliphatic rings. The minimum absolute atomic E-state index is 0.211. The molecule has 0 saturated heterocycles. The van der Waals surface area contributed by atoms with Crippen LogP contribution < -0.4 is 0 Å². The van der Waals surface area contributed by atoms with Crippen molar-refractivity contribution in [3.63, 3.8) is 0 Å². The lowest BCUT2D eigenvalue weighted by Gasteiger charge is -2.02. The molecule has 108 valence electrons. The molecule has 1 aromatic carbocycles. The van der Waals surface area contributed by atoms with Crippen molar-refractivity contribution in [1.29, 1.82) is 0 Å². The average Bonchev–Trinajstić information content (AvgIpc) is 3.06. The quantitative estimate of drug-likeness (QED) is 0.797. The minimum Gasteiger partial charge on any atom is -0.478 e. The van der Waals surface area contributed by atoms with Crippen LogP contribution in [0.2, 0.25) is 0 Å². The number of hydrogen-bond donors (Lipinski definition) is 1. The van der Waals surface area contributed by atoms with Gasteiger partial charge in [-0.1, -0.05) is 25.1 Å². The molecule has 2 aromatic heterocycles. The van der Waals surface area contributed by atoms with Gasteiger partial charge < -0.3 is 14.2 Å². The highest BCUT2D eigenvalue weighted by Gasteiger charge is 2.12. The van der Waals surface area contributed by atoms with E-state index in [4.69, 9.17) is 9.63 Å². The van der Waals surface area contributed by atoms with Crippen LogP contribution in [-0.4, -0.2) is 25.8 Å². The lowest BCUT2D eigenvalue weighted by molar-refractivity contribution is 0.0697. The second kappa shape index (κ2) is 5.05. The molecule has 0 saturated carbocycles. The molecule has 0 radical (unpaired) electrons. The predicted octanol–water partition coefficient (Wildman–Crippen LogP) is 2.89. The number of carboxylic acid groups (broad SMARTS) is 1. The summed E-state index contributed by atoms with van der Waals surface area (Å²) in [5.74, 6) is 0.455. The first-order valence-electron chi connectivity index (χ1n) is 6.69. The molecule has 0 fully saturated rings. The lowest BCUT2D eigenvalue weighted by Crippen LogP contribution is -2.01. The summed E-state index contributed by atoms with van der Waals surface area (Å²) in [6, 6.07) is 6.97. The number of carbonyl (C=O) groups is 1. The van der Waals surface area contributed by atoms with E-state index in [1.807, 2.05) is 30.7 Å². The monoisotopic (exact) mass is 285 g/mol. The van der Waals surface area contributed by atoms with Crippen LogP contribution in [0.1, 0.15) is 41.8 Å². The van der Waals surface area contributed by atoms with Crippen molar-refractivity contribution in [2.24, 2.45) is 0 Å². The van der Waals surface area contributed by atoms with E-state index in [1.54, 1.807) is 18.2 Å². The van der Waals surface area contributed by atoms with E-state index < -0.39 is 5.97 Å². The molecule has 6 nitrogen and oxygen atoms in total. The molecule has 6 heteroatoms. The van der Waals surface area contributed by atoms with Crippen molar-refractivity contribution in [2.75, 3.05) is 0 Å². The summed E-state index contributed by atoms with van der Waals surface area (Å²) in [7, 11) is 0. The normalized spacial score (nSPS) is 11.4. The Hall–Kier alpha value is -2.63. The molecule has 2 heterocycles. The molecular weight excluding hydrogens is 270 g/mol. The van der Waals surface area contributed by atoms with Crippen molar-refractivity contribution in [3.05, 3.63) is 47.7 Å². The Kier molecular flexibility index (Phi) is 3.21. The van der Waals surface area contributed by atoms with Crippen molar-refractivity contribution >= 4 is 16.9 Å². The van der Waals surface area contributed by atoms with Crippen molar-refractivity contribution < 1.29 is 14.4 Å². The van der Waals surface area contributed by atoms with Gasteiger partial charge in [0.25, 0.3) is 0 Å². The van der Waals surface area contributed by atoms with Crippen LogP contribution in [-0.2, 0) is 6.54 Å². The van der Waals surface area contributed by atoms with E-state index in [2.05, 4.69) is 10.1 Å². The Balaban J connectivity index is 1.95. The van der Waals surface area contributed by atoms with Gasteiger partial charge >= 0.3 is 5.97 Å². The molecule has 0 amide bonds. The standard InChI is InChI=1S/C15H15N3O3/c1-9(2)14-16-13(21-17-14)8-18-6-5-10-3-4-11(15(19)20)7-12(10)18/h3-7,9H,8H2,1-2H3,(H,19,20). The van der Waals surface area contributed by atoms with Gasteiger partial charge in [0, 0.05) is 17.6 Å². The summed E-state index contributed by atoms with van der Waals surface area (Å²) in [5, 5.41) is 14.0. The van der Waals surface area contributed by atoms with Gasteiger partial charge in [0.05, 0.1) is 5.56 Å². The minimum atomic E-state index is -0.940. The number of carboxylic acids is 1. The SMILES string of the molecule is CC(C)c1noc(Cn2ccc3ccc(C(=O)O)cc32)n1. The molecule has 1 N–H and O–H groups in total. The fourth-order valence-electron chi connectivity index (χ4n) is 2.17.